The summed E-state index contributed by atoms with van der Waals surface area (Å²) in [5.41, 5.74) is 4.25. The maximum absolute atomic E-state index is 10.3. The van der Waals surface area contributed by atoms with Gasteiger partial charge in [-0.15, -0.1) is 0 Å². The lowest BCUT2D eigenvalue weighted by Gasteiger charge is -2.22. The molecule has 136 valence electrons. The fourth-order valence-electron chi connectivity index (χ4n) is 4.05. The Bertz CT molecular complexity index is 725. The molecule has 1 saturated heterocycles. The van der Waals surface area contributed by atoms with Crippen molar-refractivity contribution in [3.05, 3.63) is 22.8 Å². The normalized spacial score (nSPS) is 30.4. The fraction of sp³-hybridized carbons (Fsp3) is 0.579. The molecule has 2 aliphatic heterocycles. The van der Waals surface area contributed by atoms with E-state index >= 15 is 0 Å². The van der Waals surface area contributed by atoms with Crippen LogP contribution in [0.5, 0.6) is 17.2 Å². The van der Waals surface area contributed by atoms with Gasteiger partial charge in [0.1, 0.15) is 12.2 Å². The van der Waals surface area contributed by atoms with Crippen LogP contribution in [0.2, 0.25) is 0 Å². The highest BCUT2D eigenvalue weighted by Gasteiger charge is 2.50. The largest absolute Gasteiger partial charge is 0.493 e. The highest BCUT2D eigenvalue weighted by molar-refractivity contribution is 5.81. The first-order valence-corrected chi connectivity index (χ1v) is 8.61. The van der Waals surface area contributed by atoms with Gasteiger partial charge in [-0.2, -0.15) is 0 Å². The van der Waals surface area contributed by atoms with E-state index in [9.17, 15) is 5.11 Å². The number of epoxide rings is 1. The molecule has 0 amide bonds. The second-order valence-corrected chi connectivity index (χ2v) is 6.69. The molecule has 1 aliphatic carbocycles. The smallest absolute Gasteiger partial charge is 0.203 e. The van der Waals surface area contributed by atoms with Gasteiger partial charge in [-0.25, -0.2) is 0 Å². The summed E-state index contributed by atoms with van der Waals surface area (Å²) in [6.07, 6.45) is 0.678. The van der Waals surface area contributed by atoms with Gasteiger partial charge in [-0.1, -0.05) is 0 Å². The van der Waals surface area contributed by atoms with Crippen LogP contribution in [0.25, 0.3) is 5.57 Å². The summed E-state index contributed by atoms with van der Waals surface area (Å²) < 4.78 is 28.6. The van der Waals surface area contributed by atoms with Crippen molar-refractivity contribution < 1.29 is 28.8 Å². The van der Waals surface area contributed by atoms with E-state index in [1.165, 1.54) is 0 Å². The molecule has 4 atom stereocenters. The minimum Gasteiger partial charge on any atom is -0.493 e. The number of hydrogen-bond acceptors (Lipinski definition) is 6. The molecule has 1 fully saturated rings. The van der Waals surface area contributed by atoms with Crippen molar-refractivity contribution in [1.82, 2.24) is 0 Å². The van der Waals surface area contributed by atoms with Crippen molar-refractivity contribution in [1.29, 1.82) is 0 Å². The van der Waals surface area contributed by atoms with E-state index in [4.69, 9.17) is 23.7 Å². The van der Waals surface area contributed by atoms with Crippen LogP contribution in [0.3, 0.4) is 0 Å². The van der Waals surface area contributed by atoms with Gasteiger partial charge in [-0.05, 0) is 42.5 Å². The van der Waals surface area contributed by atoms with Gasteiger partial charge < -0.3 is 28.8 Å². The van der Waals surface area contributed by atoms with Crippen molar-refractivity contribution in [2.45, 2.75) is 44.2 Å². The summed E-state index contributed by atoms with van der Waals surface area (Å²) >= 11 is 0. The molecule has 3 aliphatic rings. The highest BCUT2D eigenvalue weighted by Crippen LogP contribution is 2.52. The zero-order valence-corrected chi connectivity index (χ0v) is 15.0. The molecule has 1 aromatic rings. The fourth-order valence-corrected chi connectivity index (χ4v) is 4.05. The Hall–Kier alpha value is -1.76. The molecule has 1 N–H and O–H groups in total. The van der Waals surface area contributed by atoms with Crippen molar-refractivity contribution in [2.75, 3.05) is 27.9 Å². The molecule has 0 saturated carbocycles. The first-order chi connectivity index (χ1) is 12.1. The number of methoxy groups -OCH3 is 3. The molecule has 0 aromatic heterocycles. The van der Waals surface area contributed by atoms with E-state index in [2.05, 4.69) is 0 Å². The van der Waals surface area contributed by atoms with Gasteiger partial charge >= 0.3 is 0 Å². The van der Waals surface area contributed by atoms with E-state index in [-0.39, 0.29) is 18.3 Å². The molecule has 6 nitrogen and oxygen atoms in total. The van der Waals surface area contributed by atoms with E-state index in [0.29, 0.717) is 30.3 Å². The summed E-state index contributed by atoms with van der Waals surface area (Å²) in [7, 11) is 4.85. The molecular weight excluding hydrogens is 324 g/mol. The Morgan fingerprint density at radius 3 is 2.56 bits per heavy atom. The van der Waals surface area contributed by atoms with Crippen LogP contribution in [-0.4, -0.2) is 51.4 Å². The number of allylic oxidation sites excluding steroid dienone is 1. The molecule has 0 radical (unpaired) electrons. The van der Waals surface area contributed by atoms with E-state index < -0.39 is 6.10 Å². The average Bonchev–Trinajstić information content (AvgIpc) is 3.43. The van der Waals surface area contributed by atoms with Gasteiger partial charge in [0.05, 0.1) is 40.1 Å². The Morgan fingerprint density at radius 1 is 1.12 bits per heavy atom. The first-order valence-electron chi connectivity index (χ1n) is 8.61. The quantitative estimate of drug-likeness (QED) is 0.847. The number of benzene rings is 1. The van der Waals surface area contributed by atoms with Crippen LogP contribution in [0.4, 0.5) is 0 Å². The third-order valence-corrected chi connectivity index (χ3v) is 5.42. The zero-order valence-electron chi connectivity index (χ0n) is 15.0. The molecule has 4 rings (SSSR count). The van der Waals surface area contributed by atoms with E-state index in [1.54, 1.807) is 21.3 Å². The van der Waals surface area contributed by atoms with Gasteiger partial charge in [0.15, 0.2) is 11.5 Å². The highest BCUT2D eigenvalue weighted by atomic mass is 16.6. The summed E-state index contributed by atoms with van der Waals surface area (Å²) in [6, 6.07) is 1.96. The van der Waals surface area contributed by atoms with Gasteiger partial charge in [-0.3, -0.25) is 0 Å². The first kappa shape index (κ1) is 16.7. The Kier molecular flexibility index (Phi) is 4.14. The molecule has 1 aromatic carbocycles. The lowest BCUT2D eigenvalue weighted by molar-refractivity contribution is 0.0824. The Morgan fingerprint density at radius 2 is 1.88 bits per heavy atom. The number of rotatable bonds is 3. The maximum atomic E-state index is 10.3. The standard InChI is InChI=1S/C19H24O6/c1-9-11-7-14(21-2)18(22-3)19(23-4)15(11)10-5-6-13(20)17-16(25-17)12(10)8-24-9/h7,9,13,16-17,20H,5-6,8H2,1-4H3/t9-,13-,16+,17-/m1/s1. The SMILES string of the molecule is COc1cc2c(c(OC)c1OC)C1=C(CO[C@@H]2C)[C@@H]2O[C@@H]2[C@H](O)CC1. The van der Waals surface area contributed by atoms with Crippen molar-refractivity contribution >= 4 is 5.57 Å². The molecule has 6 heteroatoms. The third-order valence-electron chi connectivity index (χ3n) is 5.42. The Labute approximate surface area is 147 Å². The van der Waals surface area contributed by atoms with Crippen molar-refractivity contribution in [3.63, 3.8) is 0 Å². The van der Waals surface area contributed by atoms with E-state index in [0.717, 1.165) is 28.7 Å². The van der Waals surface area contributed by atoms with Crippen LogP contribution < -0.4 is 14.2 Å². The minimum atomic E-state index is -0.441. The van der Waals surface area contributed by atoms with E-state index in [1.807, 2.05) is 13.0 Å². The lowest BCUT2D eigenvalue weighted by Crippen LogP contribution is -2.16. The molecule has 25 heavy (non-hydrogen) atoms. The van der Waals surface area contributed by atoms with Crippen LogP contribution in [-0.2, 0) is 9.47 Å². The van der Waals surface area contributed by atoms with Crippen molar-refractivity contribution in [3.8, 4) is 17.2 Å². The lowest BCUT2D eigenvalue weighted by atomic mass is 9.90. The molecule has 0 bridgehead atoms. The number of aliphatic hydroxyl groups excluding tert-OH is 1. The monoisotopic (exact) mass is 348 g/mol. The number of fused-ring (bicyclic) bond motifs is 4. The number of ether oxygens (including phenoxy) is 5. The second kappa shape index (κ2) is 6.20. The molecular formula is C19H24O6. The van der Waals surface area contributed by atoms with Crippen LogP contribution >= 0.6 is 0 Å². The summed E-state index contributed by atoms with van der Waals surface area (Å²) in [5, 5.41) is 10.3. The second-order valence-electron chi connectivity index (χ2n) is 6.69. The van der Waals surface area contributed by atoms with Gasteiger partial charge in [0.25, 0.3) is 0 Å². The summed E-state index contributed by atoms with van der Waals surface area (Å²) in [4.78, 5) is 0. The predicted molar refractivity (Wildman–Crippen MR) is 91.3 cm³/mol. The van der Waals surface area contributed by atoms with Gasteiger partial charge in [0.2, 0.25) is 5.75 Å². The third kappa shape index (κ3) is 2.51. The van der Waals surface area contributed by atoms with Crippen LogP contribution in [0, 0.1) is 0 Å². The number of hydrogen-bond donors (Lipinski definition) is 1. The van der Waals surface area contributed by atoms with Crippen LogP contribution in [0.1, 0.15) is 37.0 Å². The molecule has 0 spiro atoms. The maximum Gasteiger partial charge on any atom is 0.203 e. The average molecular weight is 348 g/mol. The number of aliphatic hydroxyl groups is 1. The van der Waals surface area contributed by atoms with Crippen LogP contribution in [0.15, 0.2) is 11.6 Å². The minimum absolute atomic E-state index is 0.0662. The molecule has 2 heterocycles. The molecule has 0 unspecified atom stereocenters. The summed E-state index contributed by atoms with van der Waals surface area (Å²) in [5.74, 6) is 1.84. The predicted octanol–water partition coefficient (Wildman–Crippen LogP) is 2.48. The van der Waals surface area contributed by atoms with Gasteiger partial charge in [0, 0.05) is 5.56 Å². The Balaban J connectivity index is 1.96. The van der Waals surface area contributed by atoms with Crippen molar-refractivity contribution in [2.24, 2.45) is 0 Å². The zero-order chi connectivity index (χ0) is 17.7. The summed E-state index contributed by atoms with van der Waals surface area (Å²) in [6.45, 7) is 2.52. The topological polar surface area (TPSA) is 69.7 Å².